The average Bonchev–Trinajstić information content (AvgIpc) is 3.56. The molecule has 222 valence electrons. The van der Waals surface area contributed by atoms with E-state index in [1.54, 1.807) is 0 Å². The standard InChI is InChI=1S/C34H44N6O2/c1-22-6-5-7-27(18-22)33(41)36-31-20-26-9-8-24(21-39-16-14-28(15-17-39)34(3,4)42)19-30(26)40(31)29-12-10-25(11-13-29)32-35-23(2)37-38-32/h5-9,18-19,25,28-29,42H,10-17,20-21H2,1-4H3,(H,35,37,38). The van der Waals surface area contributed by atoms with Crippen LogP contribution in [0.25, 0.3) is 0 Å². The summed E-state index contributed by atoms with van der Waals surface area (Å²) in [6.07, 6.45) is 6.75. The van der Waals surface area contributed by atoms with Crippen molar-refractivity contribution in [2.75, 3.05) is 18.0 Å². The van der Waals surface area contributed by atoms with Gasteiger partial charge in [-0.15, -0.1) is 0 Å². The SMILES string of the molecule is Cc1cccc(C(=O)N=C2Cc3ccc(CN4CCC(C(C)(C)O)CC4)cc3N2C2CCC(c3n[nH]c(C)n3)CC2)c1. The zero-order valence-electron chi connectivity index (χ0n) is 25.4. The van der Waals surface area contributed by atoms with Crippen LogP contribution >= 0.6 is 0 Å². The number of nitrogens with zero attached hydrogens (tertiary/aromatic N) is 5. The number of hydrogen-bond acceptors (Lipinski definition) is 5. The minimum Gasteiger partial charge on any atom is -0.390 e. The first-order valence-electron chi connectivity index (χ1n) is 15.6. The van der Waals surface area contributed by atoms with Crippen LogP contribution < -0.4 is 4.90 Å². The molecule has 3 heterocycles. The Hall–Kier alpha value is -3.36. The lowest BCUT2D eigenvalue weighted by Crippen LogP contribution is -2.41. The summed E-state index contributed by atoms with van der Waals surface area (Å²) in [4.78, 5) is 27.6. The summed E-state index contributed by atoms with van der Waals surface area (Å²) in [6, 6.07) is 14.8. The van der Waals surface area contributed by atoms with Gasteiger partial charge in [-0.3, -0.25) is 14.8 Å². The fourth-order valence-corrected chi connectivity index (χ4v) is 7.13. The van der Waals surface area contributed by atoms with Crippen LogP contribution in [-0.4, -0.2) is 61.7 Å². The first-order valence-corrected chi connectivity index (χ1v) is 15.6. The molecule has 2 aliphatic heterocycles. The summed E-state index contributed by atoms with van der Waals surface area (Å²) >= 11 is 0. The topological polar surface area (TPSA) is 97.7 Å². The summed E-state index contributed by atoms with van der Waals surface area (Å²) in [5.74, 6) is 3.18. The molecule has 6 rings (SSSR count). The number of amides is 1. The number of carbonyl (C=O) groups is 1. The van der Waals surface area contributed by atoms with Gasteiger partial charge in [-0.25, -0.2) is 4.98 Å². The van der Waals surface area contributed by atoms with E-state index in [4.69, 9.17) is 4.99 Å². The molecule has 1 saturated heterocycles. The Morgan fingerprint density at radius 2 is 1.81 bits per heavy atom. The van der Waals surface area contributed by atoms with Crippen molar-refractivity contribution in [1.29, 1.82) is 0 Å². The molecule has 42 heavy (non-hydrogen) atoms. The van der Waals surface area contributed by atoms with E-state index in [9.17, 15) is 9.90 Å². The lowest BCUT2D eigenvalue weighted by Gasteiger charge is -2.38. The van der Waals surface area contributed by atoms with Gasteiger partial charge in [0.1, 0.15) is 11.7 Å². The number of amidine groups is 1. The van der Waals surface area contributed by atoms with Crippen molar-refractivity contribution in [3.8, 4) is 0 Å². The molecular formula is C34H44N6O2. The molecule has 0 radical (unpaired) electrons. The molecule has 8 nitrogen and oxygen atoms in total. The highest BCUT2D eigenvalue weighted by molar-refractivity contribution is 6.12. The number of aromatic amines is 1. The number of nitrogens with one attached hydrogen (secondary N) is 1. The van der Waals surface area contributed by atoms with Crippen LogP contribution in [0.1, 0.15) is 97.0 Å². The Balaban J connectivity index is 1.24. The molecule has 2 N–H and O–H groups in total. The first kappa shape index (κ1) is 28.7. The summed E-state index contributed by atoms with van der Waals surface area (Å²) in [7, 11) is 0. The molecule has 1 aromatic heterocycles. The van der Waals surface area contributed by atoms with E-state index in [0.29, 0.717) is 23.8 Å². The van der Waals surface area contributed by atoms with Crippen molar-refractivity contribution in [1.82, 2.24) is 20.1 Å². The number of H-pyrrole nitrogens is 1. The van der Waals surface area contributed by atoms with E-state index in [0.717, 1.165) is 81.2 Å². The van der Waals surface area contributed by atoms with Crippen LogP contribution in [0, 0.1) is 19.8 Å². The number of likely N-dealkylation sites (tertiary alicyclic amines) is 1. The van der Waals surface area contributed by atoms with Gasteiger partial charge in [-0.1, -0.05) is 29.8 Å². The molecule has 2 fully saturated rings. The van der Waals surface area contributed by atoms with Gasteiger partial charge in [-0.05, 0) is 115 Å². The monoisotopic (exact) mass is 568 g/mol. The van der Waals surface area contributed by atoms with E-state index in [2.05, 4.69) is 43.2 Å². The highest BCUT2D eigenvalue weighted by atomic mass is 16.3. The minimum absolute atomic E-state index is 0.175. The molecule has 3 aliphatic rings. The van der Waals surface area contributed by atoms with E-state index in [-0.39, 0.29) is 11.9 Å². The summed E-state index contributed by atoms with van der Waals surface area (Å²) < 4.78 is 0. The predicted octanol–water partition coefficient (Wildman–Crippen LogP) is 5.73. The number of aromatic nitrogens is 3. The summed E-state index contributed by atoms with van der Waals surface area (Å²) in [5, 5.41) is 17.9. The maximum Gasteiger partial charge on any atom is 0.278 e. The third-order valence-corrected chi connectivity index (χ3v) is 9.57. The van der Waals surface area contributed by atoms with Crippen molar-refractivity contribution < 1.29 is 9.90 Å². The van der Waals surface area contributed by atoms with Gasteiger partial charge < -0.3 is 10.0 Å². The van der Waals surface area contributed by atoms with E-state index >= 15 is 0 Å². The third kappa shape index (κ3) is 6.20. The van der Waals surface area contributed by atoms with Crippen molar-refractivity contribution in [2.24, 2.45) is 10.9 Å². The molecule has 1 amide bonds. The van der Waals surface area contributed by atoms with Crippen LogP contribution in [0.2, 0.25) is 0 Å². The quantitative estimate of drug-likeness (QED) is 0.394. The Labute approximate surface area is 249 Å². The lowest BCUT2D eigenvalue weighted by molar-refractivity contribution is -0.0136. The number of piperidine rings is 1. The molecule has 1 aliphatic carbocycles. The molecule has 0 spiro atoms. The molecule has 3 aromatic rings. The van der Waals surface area contributed by atoms with Gasteiger partial charge in [-0.2, -0.15) is 10.1 Å². The van der Waals surface area contributed by atoms with Crippen LogP contribution in [0.15, 0.2) is 47.5 Å². The number of benzene rings is 2. The number of aliphatic hydroxyl groups is 1. The Morgan fingerprint density at radius 1 is 1.05 bits per heavy atom. The number of aliphatic imine (C=N–C) groups is 1. The number of carbonyl (C=O) groups excluding carboxylic acids is 1. The Morgan fingerprint density at radius 3 is 2.48 bits per heavy atom. The first-order chi connectivity index (χ1) is 20.1. The summed E-state index contributed by atoms with van der Waals surface area (Å²) in [5.41, 5.74) is 4.81. The Kier molecular flexibility index (Phi) is 8.03. The lowest BCUT2D eigenvalue weighted by atomic mass is 9.83. The number of hydrogen-bond donors (Lipinski definition) is 2. The van der Waals surface area contributed by atoms with Gasteiger partial charge >= 0.3 is 0 Å². The second-order valence-corrected chi connectivity index (χ2v) is 13.2. The zero-order chi connectivity index (χ0) is 29.4. The molecule has 1 saturated carbocycles. The van der Waals surface area contributed by atoms with E-state index in [1.807, 2.05) is 52.0 Å². The third-order valence-electron chi connectivity index (χ3n) is 9.57. The Bertz CT molecular complexity index is 1450. The molecule has 0 bridgehead atoms. The highest BCUT2D eigenvalue weighted by Crippen LogP contribution is 2.40. The van der Waals surface area contributed by atoms with Crippen LogP contribution in [0.3, 0.4) is 0 Å². The molecule has 2 aromatic carbocycles. The van der Waals surface area contributed by atoms with Crippen molar-refractivity contribution in [2.45, 2.75) is 96.7 Å². The largest absolute Gasteiger partial charge is 0.390 e. The molecule has 0 unspecified atom stereocenters. The average molecular weight is 569 g/mol. The summed E-state index contributed by atoms with van der Waals surface area (Å²) in [6.45, 7) is 10.7. The number of aryl methyl sites for hydroxylation is 2. The van der Waals surface area contributed by atoms with Gasteiger partial charge in [0.05, 0.1) is 5.60 Å². The van der Waals surface area contributed by atoms with Gasteiger partial charge in [0.25, 0.3) is 5.91 Å². The number of anilines is 1. The van der Waals surface area contributed by atoms with Crippen LogP contribution in [-0.2, 0) is 13.0 Å². The molecule has 8 heteroatoms. The number of rotatable bonds is 6. The maximum atomic E-state index is 13.3. The zero-order valence-corrected chi connectivity index (χ0v) is 25.4. The second kappa shape index (κ2) is 11.7. The van der Waals surface area contributed by atoms with Gasteiger partial charge in [0.2, 0.25) is 0 Å². The normalized spacial score (nSPS) is 23.0. The van der Waals surface area contributed by atoms with E-state index in [1.165, 1.54) is 16.8 Å². The molecule has 0 atom stereocenters. The number of fused-ring (bicyclic) bond motifs is 1. The minimum atomic E-state index is -0.614. The molecular weight excluding hydrogens is 524 g/mol. The van der Waals surface area contributed by atoms with Crippen molar-refractivity contribution >= 4 is 17.4 Å². The van der Waals surface area contributed by atoms with Crippen LogP contribution in [0.4, 0.5) is 5.69 Å². The van der Waals surface area contributed by atoms with Crippen molar-refractivity contribution in [3.63, 3.8) is 0 Å². The van der Waals surface area contributed by atoms with Gasteiger partial charge in [0.15, 0.2) is 5.82 Å². The van der Waals surface area contributed by atoms with Crippen molar-refractivity contribution in [3.05, 3.63) is 76.4 Å². The smallest absolute Gasteiger partial charge is 0.278 e. The van der Waals surface area contributed by atoms with E-state index < -0.39 is 5.60 Å². The second-order valence-electron chi connectivity index (χ2n) is 13.2. The highest BCUT2D eigenvalue weighted by Gasteiger charge is 2.36. The fraction of sp³-hybridized carbons (Fsp3) is 0.529. The maximum absolute atomic E-state index is 13.3. The van der Waals surface area contributed by atoms with Crippen LogP contribution in [0.5, 0.6) is 0 Å². The predicted molar refractivity (Wildman–Crippen MR) is 166 cm³/mol. The fourth-order valence-electron chi connectivity index (χ4n) is 7.13. The van der Waals surface area contributed by atoms with Gasteiger partial charge in [0, 0.05) is 36.2 Å².